The van der Waals surface area contributed by atoms with Crippen LogP contribution in [0.2, 0.25) is 0 Å². The summed E-state index contributed by atoms with van der Waals surface area (Å²) in [4.78, 5) is 19.9. The lowest BCUT2D eigenvalue weighted by atomic mass is 9.67. The summed E-state index contributed by atoms with van der Waals surface area (Å²) in [6.45, 7) is 10.2. The Morgan fingerprint density at radius 1 is 1.11 bits per heavy atom. The molecule has 2 aromatic carbocycles. The van der Waals surface area contributed by atoms with Crippen LogP contribution in [0.25, 0.3) is 22.6 Å². The van der Waals surface area contributed by atoms with Gasteiger partial charge in [0, 0.05) is 24.2 Å². The maximum atomic E-state index is 12.5. The lowest BCUT2D eigenvalue weighted by Gasteiger charge is -2.38. The number of carboxylic acid groups (broad SMARTS) is 1. The number of aromatic nitrogens is 1. The van der Waals surface area contributed by atoms with E-state index in [2.05, 4.69) is 56.0 Å². The second-order valence-electron chi connectivity index (χ2n) is 10.4. The molecular weight excluding hydrogens is 436 g/mol. The van der Waals surface area contributed by atoms with E-state index in [1.54, 1.807) is 0 Å². The fraction of sp³-hybridized carbons (Fsp3) is 0.400. The first-order valence-corrected chi connectivity index (χ1v) is 12.7. The minimum atomic E-state index is -0.871. The van der Waals surface area contributed by atoms with Crippen molar-refractivity contribution in [3.8, 4) is 0 Å². The molecule has 2 heterocycles. The van der Waals surface area contributed by atoms with E-state index in [1.807, 2.05) is 24.3 Å². The van der Waals surface area contributed by atoms with Crippen molar-refractivity contribution in [2.24, 2.45) is 11.3 Å². The van der Waals surface area contributed by atoms with Crippen molar-refractivity contribution < 1.29 is 14.6 Å². The van der Waals surface area contributed by atoms with Gasteiger partial charge in [0.15, 0.2) is 0 Å². The highest BCUT2D eigenvalue weighted by atomic mass is 16.5. The van der Waals surface area contributed by atoms with Crippen LogP contribution in [0, 0.1) is 11.3 Å². The van der Waals surface area contributed by atoms with Gasteiger partial charge in [0.2, 0.25) is 0 Å². The standard InChI is InChI=1S/C30H34N2O3/c1-4-30(2,3)22-18-21(17-20-9-11-23(12-10-20)32-13-15-35-16-14-32)28-25(19-22)27(29(33)34)24-7-5-6-8-26(24)31-28/h5-12,17,22H,4,13-16,18-19H2,1-3H3,(H,33,34)/b21-17+. The van der Waals surface area contributed by atoms with Gasteiger partial charge in [-0.1, -0.05) is 57.5 Å². The van der Waals surface area contributed by atoms with Crippen LogP contribution in [0.1, 0.15) is 60.8 Å². The van der Waals surface area contributed by atoms with Crippen molar-refractivity contribution >= 4 is 34.2 Å². The van der Waals surface area contributed by atoms with Gasteiger partial charge >= 0.3 is 5.97 Å². The maximum absolute atomic E-state index is 12.5. The molecular formula is C30H34N2O3. The summed E-state index contributed by atoms with van der Waals surface area (Å²) >= 11 is 0. The lowest BCUT2D eigenvalue weighted by molar-refractivity contribution is 0.0696. The van der Waals surface area contributed by atoms with E-state index < -0.39 is 5.97 Å². The molecule has 35 heavy (non-hydrogen) atoms. The molecule has 0 spiro atoms. The van der Waals surface area contributed by atoms with Crippen molar-refractivity contribution in [2.45, 2.75) is 40.0 Å². The number of morpholine rings is 1. The van der Waals surface area contributed by atoms with Crippen molar-refractivity contribution in [3.05, 3.63) is 70.9 Å². The molecule has 1 fully saturated rings. The van der Waals surface area contributed by atoms with Crippen molar-refractivity contribution in [1.82, 2.24) is 4.98 Å². The Kier molecular flexibility index (Phi) is 6.37. The van der Waals surface area contributed by atoms with Gasteiger partial charge in [0.05, 0.1) is 30.0 Å². The number of aromatic carboxylic acids is 1. The smallest absolute Gasteiger partial charge is 0.336 e. The number of fused-ring (bicyclic) bond motifs is 2. The second-order valence-corrected chi connectivity index (χ2v) is 10.4. The predicted molar refractivity (Wildman–Crippen MR) is 142 cm³/mol. The monoisotopic (exact) mass is 470 g/mol. The van der Waals surface area contributed by atoms with Crippen LogP contribution in [0.15, 0.2) is 48.5 Å². The van der Waals surface area contributed by atoms with Gasteiger partial charge in [-0.25, -0.2) is 9.78 Å². The molecule has 1 atom stereocenters. The third kappa shape index (κ3) is 4.57. The highest BCUT2D eigenvalue weighted by Crippen LogP contribution is 2.46. The summed E-state index contributed by atoms with van der Waals surface area (Å²) < 4.78 is 5.48. The Hall–Kier alpha value is -3.18. The number of anilines is 1. The Morgan fingerprint density at radius 2 is 1.83 bits per heavy atom. The first kappa shape index (κ1) is 23.6. The number of hydrogen-bond acceptors (Lipinski definition) is 4. The molecule has 1 saturated heterocycles. The molecule has 182 valence electrons. The SMILES string of the molecule is CCC(C)(C)C1C/C(=C\c2ccc(N3CCOCC3)cc2)c2nc3ccccc3c(C(=O)O)c2C1. The molecule has 1 aromatic heterocycles. The molecule has 1 N–H and O–H groups in total. The Balaban J connectivity index is 1.61. The average molecular weight is 471 g/mol. The number of nitrogens with zero attached hydrogens (tertiary/aromatic N) is 2. The highest BCUT2D eigenvalue weighted by Gasteiger charge is 2.36. The van der Waals surface area contributed by atoms with Crippen LogP contribution in [-0.4, -0.2) is 42.4 Å². The lowest BCUT2D eigenvalue weighted by Crippen LogP contribution is -2.36. The van der Waals surface area contributed by atoms with Crippen LogP contribution >= 0.6 is 0 Å². The second kappa shape index (κ2) is 9.46. The highest BCUT2D eigenvalue weighted by molar-refractivity contribution is 6.06. The summed E-state index contributed by atoms with van der Waals surface area (Å²) in [6.07, 6.45) is 4.89. The molecule has 5 rings (SSSR count). The minimum Gasteiger partial charge on any atom is -0.478 e. The first-order chi connectivity index (χ1) is 16.9. The predicted octanol–water partition coefficient (Wildman–Crippen LogP) is 6.31. The number of allylic oxidation sites excluding steroid dienone is 1. The zero-order valence-corrected chi connectivity index (χ0v) is 20.9. The summed E-state index contributed by atoms with van der Waals surface area (Å²) in [7, 11) is 0. The zero-order chi connectivity index (χ0) is 24.6. The molecule has 0 saturated carbocycles. The molecule has 0 amide bonds. The molecule has 5 heteroatoms. The number of rotatable bonds is 5. The minimum absolute atomic E-state index is 0.0956. The Morgan fingerprint density at radius 3 is 2.51 bits per heavy atom. The molecule has 3 aromatic rings. The van der Waals surface area contributed by atoms with Gasteiger partial charge < -0.3 is 14.7 Å². The summed E-state index contributed by atoms with van der Waals surface area (Å²) in [6, 6.07) is 16.3. The van der Waals surface area contributed by atoms with Crippen LogP contribution in [0.4, 0.5) is 5.69 Å². The van der Waals surface area contributed by atoms with E-state index in [0.717, 1.165) is 78.9 Å². The fourth-order valence-corrected chi connectivity index (χ4v) is 5.41. The largest absolute Gasteiger partial charge is 0.478 e. The average Bonchev–Trinajstić information content (AvgIpc) is 2.88. The van der Waals surface area contributed by atoms with Crippen molar-refractivity contribution in [3.63, 3.8) is 0 Å². The number of ether oxygens (including phenoxy) is 1. The molecule has 1 aliphatic heterocycles. The number of para-hydroxylation sites is 1. The molecule has 0 radical (unpaired) electrons. The number of carbonyl (C=O) groups is 1. The number of pyridine rings is 1. The van der Waals surface area contributed by atoms with Crippen molar-refractivity contribution in [2.75, 3.05) is 31.2 Å². The van der Waals surface area contributed by atoms with E-state index in [-0.39, 0.29) is 5.41 Å². The number of carboxylic acids is 1. The molecule has 1 unspecified atom stereocenters. The maximum Gasteiger partial charge on any atom is 0.336 e. The Bertz CT molecular complexity index is 1270. The van der Waals surface area contributed by atoms with E-state index >= 15 is 0 Å². The Labute approximate surface area is 207 Å². The van der Waals surface area contributed by atoms with Gasteiger partial charge in [-0.15, -0.1) is 0 Å². The first-order valence-electron chi connectivity index (χ1n) is 12.7. The van der Waals surface area contributed by atoms with Gasteiger partial charge in [-0.3, -0.25) is 0 Å². The normalized spacial score (nSPS) is 19.7. The zero-order valence-electron chi connectivity index (χ0n) is 20.9. The molecule has 2 aliphatic rings. The number of benzene rings is 2. The third-order valence-electron chi connectivity index (χ3n) is 8.05. The quantitative estimate of drug-likeness (QED) is 0.473. The summed E-state index contributed by atoms with van der Waals surface area (Å²) in [5.74, 6) is -0.524. The van der Waals surface area contributed by atoms with Gasteiger partial charge in [0.1, 0.15) is 0 Å². The van der Waals surface area contributed by atoms with Gasteiger partial charge in [-0.05, 0) is 65.1 Å². The van der Waals surface area contributed by atoms with Crippen LogP contribution in [0.5, 0.6) is 0 Å². The van der Waals surface area contributed by atoms with Gasteiger partial charge in [-0.2, -0.15) is 0 Å². The summed E-state index contributed by atoms with van der Waals surface area (Å²) in [5, 5.41) is 11.0. The van der Waals surface area contributed by atoms with Crippen molar-refractivity contribution in [1.29, 1.82) is 0 Å². The van der Waals surface area contributed by atoms with Crippen LogP contribution < -0.4 is 4.90 Å². The van der Waals surface area contributed by atoms with E-state index in [0.29, 0.717) is 11.5 Å². The molecule has 0 bridgehead atoms. The summed E-state index contributed by atoms with van der Waals surface area (Å²) in [5.41, 5.74) is 6.43. The van der Waals surface area contributed by atoms with Crippen LogP contribution in [0.3, 0.4) is 0 Å². The molecule has 5 nitrogen and oxygen atoms in total. The topological polar surface area (TPSA) is 62.7 Å². The van der Waals surface area contributed by atoms with E-state index in [1.165, 1.54) is 5.69 Å². The van der Waals surface area contributed by atoms with E-state index in [4.69, 9.17) is 9.72 Å². The van der Waals surface area contributed by atoms with Crippen LogP contribution in [-0.2, 0) is 11.2 Å². The fourth-order valence-electron chi connectivity index (χ4n) is 5.41. The van der Waals surface area contributed by atoms with E-state index in [9.17, 15) is 9.90 Å². The number of hydrogen-bond donors (Lipinski definition) is 1. The third-order valence-corrected chi connectivity index (χ3v) is 8.05. The molecule has 1 aliphatic carbocycles. The van der Waals surface area contributed by atoms with Gasteiger partial charge in [0.25, 0.3) is 0 Å².